The average molecular weight is 321 g/mol. The first-order valence-corrected chi connectivity index (χ1v) is 8.43. The van der Waals surface area contributed by atoms with Gasteiger partial charge in [0.25, 0.3) is 5.56 Å². The first-order chi connectivity index (χ1) is 10.3. The van der Waals surface area contributed by atoms with Gasteiger partial charge in [0, 0.05) is 31.2 Å². The highest BCUT2D eigenvalue weighted by Crippen LogP contribution is 2.26. The minimum atomic E-state index is -0.296. The molecule has 2 rings (SSSR count). The van der Waals surface area contributed by atoms with Crippen LogP contribution in [0.4, 0.5) is 0 Å². The molecule has 2 heterocycles. The van der Waals surface area contributed by atoms with Crippen molar-refractivity contribution in [2.75, 3.05) is 19.3 Å². The van der Waals surface area contributed by atoms with Gasteiger partial charge in [-0.1, -0.05) is 45.2 Å². The Morgan fingerprint density at radius 3 is 2.64 bits per heavy atom. The maximum Gasteiger partial charge on any atom is 0.281 e. The number of hydrogen-bond acceptors (Lipinski definition) is 4. The summed E-state index contributed by atoms with van der Waals surface area (Å²) in [6.45, 7) is 8.77. The van der Waals surface area contributed by atoms with Gasteiger partial charge in [-0.2, -0.15) is 4.68 Å². The van der Waals surface area contributed by atoms with Gasteiger partial charge in [0.2, 0.25) is 5.91 Å². The summed E-state index contributed by atoms with van der Waals surface area (Å²) in [6.07, 6.45) is 2.00. The van der Waals surface area contributed by atoms with E-state index in [0.29, 0.717) is 5.56 Å². The number of rotatable bonds is 2. The first kappa shape index (κ1) is 16.7. The van der Waals surface area contributed by atoms with Crippen molar-refractivity contribution in [1.29, 1.82) is 0 Å². The lowest BCUT2D eigenvalue weighted by molar-refractivity contribution is 0.0888. The summed E-state index contributed by atoms with van der Waals surface area (Å²) >= 11 is 1.72. The summed E-state index contributed by atoms with van der Waals surface area (Å²) in [5.74, 6) is 0.806. The van der Waals surface area contributed by atoms with Crippen LogP contribution in [0.1, 0.15) is 50.2 Å². The van der Waals surface area contributed by atoms with Crippen molar-refractivity contribution >= 4 is 23.7 Å². The smallest absolute Gasteiger partial charge is 0.281 e. The number of hydrogen-bond donors (Lipinski definition) is 1. The molecule has 1 N–H and O–H groups in total. The maximum absolute atomic E-state index is 12.5. The molecule has 1 fully saturated rings. The van der Waals surface area contributed by atoms with Crippen LogP contribution in [0.2, 0.25) is 0 Å². The van der Waals surface area contributed by atoms with E-state index < -0.39 is 0 Å². The third-order valence-electron chi connectivity index (χ3n) is 3.58. The van der Waals surface area contributed by atoms with E-state index in [4.69, 9.17) is 0 Å². The van der Waals surface area contributed by atoms with E-state index in [0.717, 1.165) is 27.7 Å². The largest absolute Gasteiger partial charge is 0.362 e. The molecule has 0 spiro atoms. The van der Waals surface area contributed by atoms with Crippen LogP contribution in [0, 0.1) is 0 Å². The monoisotopic (exact) mass is 321 g/mol. The summed E-state index contributed by atoms with van der Waals surface area (Å²) in [5.41, 5.74) is 3.93. The lowest BCUT2D eigenvalue weighted by atomic mass is 9.89. The zero-order chi connectivity index (χ0) is 16.5. The van der Waals surface area contributed by atoms with Crippen LogP contribution in [0.3, 0.4) is 0 Å². The Kier molecular flexibility index (Phi) is 4.73. The van der Waals surface area contributed by atoms with Gasteiger partial charge in [0.05, 0.1) is 11.3 Å². The van der Waals surface area contributed by atoms with Gasteiger partial charge in [-0.25, -0.2) is 0 Å². The summed E-state index contributed by atoms with van der Waals surface area (Å²) < 4.78 is 1.12. The molecule has 1 aromatic rings. The van der Waals surface area contributed by atoms with Crippen molar-refractivity contribution in [3.63, 3.8) is 0 Å². The number of nitrogens with one attached hydrogen (secondary N) is 1. The zero-order valence-electron chi connectivity index (χ0n) is 13.8. The van der Waals surface area contributed by atoms with E-state index in [9.17, 15) is 9.59 Å². The summed E-state index contributed by atoms with van der Waals surface area (Å²) in [5, 5.41) is 4.00. The minimum absolute atomic E-state index is 0.227. The van der Waals surface area contributed by atoms with Crippen LogP contribution in [0.15, 0.2) is 15.6 Å². The second kappa shape index (κ2) is 6.23. The fourth-order valence-electron chi connectivity index (χ4n) is 2.27. The molecule has 5 nitrogen and oxygen atoms in total. The molecule has 0 bridgehead atoms. The van der Waals surface area contributed by atoms with Crippen LogP contribution in [-0.4, -0.2) is 39.9 Å². The standard InChI is InChI=1S/C16H23N3O2S/c1-6-12(20)19-15(21)11(14(17-19)16(2,3)4)7-8-13-18(5)9-10-22-13/h7,17H,6,9-10H2,1-5H3. The molecule has 0 amide bonds. The Balaban J connectivity index is 2.59. The fraction of sp³-hybridized carbons (Fsp3) is 0.562. The normalized spacial score (nSPS) is 15.1. The van der Waals surface area contributed by atoms with Gasteiger partial charge in [-0.3, -0.25) is 14.7 Å². The quantitative estimate of drug-likeness (QED) is 0.851. The second-order valence-electron chi connectivity index (χ2n) is 6.40. The number of nitrogens with zero attached hydrogens (tertiary/aromatic N) is 2. The van der Waals surface area contributed by atoms with Crippen molar-refractivity contribution < 1.29 is 4.79 Å². The summed E-state index contributed by atoms with van der Waals surface area (Å²) in [6, 6.07) is 0. The Bertz CT molecular complexity index is 700. The SMILES string of the molecule is CCC(=O)n1[nH]c(C(C)(C)C)c(C=C=C2SCCN2C)c1=O. The first-order valence-electron chi connectivity index (χ1n) is 7.45. The van der Waals surface area contributed by atoms with E-state index >= 15 is 0 Å². The molecule has 0 radical (unpaired) electrons. The summed E-state index contributed by atoms with van der Waals surface area (Å²) in [7, 11) is 2.01. The highest BCUT2D eigenvalue weighted by atomic mass is 32.2. The number of H-pyrrole nitrogens is 1. The van der Waals surface area contributed by atoms with Crippen LogP contribution >= 0.6 is 11.8 Å². The number of aromatic nitrogens is 2. The van der Waals surface area contributed by atoms with Crippen molar-refractivity contribution in [3.8, 4) is 0 Å². The molecule has 0 aliphatic carbocycles. The average Bonchev–Trinajstić information content (AvgIpc) is 2.99. The lowest BCUT2D eigenvalue weighted by Gasteiger charge is -2.17. The highest BCUT2D eigenvalue weighted by Gasteiger charge is 2.25. The molecular weight excluding hydrogens is 298 g/mol. The molecule has 1 aliphatic rings. The molecule has 22 heavy (non-hydrogen) atoms. The molecule has 0 atom stereocenters. The topological polar surface area (TPSA) is 58.1 Å². The zero-order valence-corrected chi connectivity index (χ0v) is 14.6. The van der Waals surface area contributed by atoms with Gasteiger partial charge in [0.1, 0.15) is 5.03 Å². The fourth-order valence-corrected chi connectivity index (χ4v) is 3.28. The Morgan fingerprint density at radius 2 is 2.14 bits per heavy atom. The van der Waals surface area contributed by atoms with Crippen LogP contribution in [0.25, 0.3) is 6.08 Å². The van der Waals surface area contributed by atoms with E-state index in [1.54, 1.807) is 24.8 Å². The van der Waals surface area contributed by atoms with Crippen LogP contribution < -0.4 is 5.56 Å². The van der Waals surface area contributed by atoms with Crippen LogP contribution in [0.5, 0.6) is 0 Å². The lowest BCUT2D eigenvalue weighted by Crippen LogP contribution is -2.24. The molecule has 6 heteroatoms. The van der Waals surface area contributed by atoms with E-state index in [-0.39, 0.29) is 23.3 Å². The third-order valence-corrected chi connectivity index (χ3v) is 4.67. The van der Waals surface area contributed by atoms with Gasteiger partial charge >= 0.3 is 0 Å². The minimum Gasteiger partial charge on any atom is -0.362 e. The Hall–Kier alpha value is -1.65. The number of thioether (sulfide) groups is 1. The maximum atomic E-state index is 12.5. The van der Waals surface area contributed by atoms with Gasteiger partial charge in [0.15, 0.2) is 0 Å². The predicted molar refractivity (Wildman–Crippen MR) is 91.2 cm³/mol. The second-order valence-corrected chi connectivity index (χ2v) is 7.49. The van der Waals surface area contributed by atoms with Crippen LogP contribution in [-0.2, 0) is 5.41 Å². The Labute approximate surface area is 135 Å². The predicted octanol–water partition coefficient (Wildman–Crippen LogP) is 2.66. The molecule has 0 saturated carbocycles. The van der Waals surface area contributed by atoms with Crippen molar-refractivity contribution in [1.82, 2.24) is 14.7 Å². The van der Waals surface area contributed by atoms with E-state index in [2.05, 4.69) is 15.7 Å². The Morgan fingerprint density at radius 1 is 1.45 bits per heavy atom. The molecule has 1 aliphatic heterocycles. The van der Waals surface area contributed by atoms with E-state index in [1.165, 1.54) is 0 Å². The third kappa shape index (κ3) is 3.23. The number of aromatic amines is 1. The summed E-state index contributed by atoms with van der Waals surface area (Å²) in [4.78, 5) is 26.6. The van der Waals surface area contributed by atoms with E-state index in [1.807, 2.05) is 27.8 Å². The number of carbonyl (C=O) groups excluding carboxylic acids is 1. The molecule has 120 valence electrons. The van der Waals surface area contributed by atoms with Gasteiger partial charge in [-0.05, 0) is 6.08 Å². The highest BCUT2D eigenvalue weighted by molar-refractivity contribution is 8.03. The molecule has 1 aromatic heterocycles. The molecule has 0 unspecified atom stereocenters. The molecule has 0 aromatic carbocycles. The van der Waals surface area contributed by atoms with Gasteiger partial charge in [-0.15, -0.1) is 0 Å². The van der Waals surface area contributed by atoms with Crippen molar-refractivity contribution in [2.45, 2.75) is 39.5 Å². The molecular formula is C16H23N3O2S. The number of carbonyl (C=O) groups is 1. The van der Waals surface area contributed by atoms with Gasteiger partial charge < -0.3 is 4.90 Å². The van der Waals surface area contributed by atoms with Crippen molar-refractivity contribution in [3.05, 3.63) is 32.4 Å². The molecule has 1 saturated heterocycles. The van der Waals surface area contributed by atoms with Crippen molar-refractivity contribution in [2.24, 2.45) is 0 Å².